The van der Waals surface area contributed by atoms with Crippen molar-refractivity contribution in [2.45, 2.75) is 26.4 Å². The first-order valence-electron chi connectivity index (χ1n) is 9.55. The Bertz CT molecular complexity index is 1110. The minimum Gasteiger partial charge on any atom is -0.478 e. The second-order valence-corrected chi connectivity index (χ2v) is 7.96. The number of thiazole rings is 1. The van der Waals surface area contributed by atoms with Gasteiger partial charge in [0.2, 0.25) is 5.91 Å². The van der Waals surface area contributed by atoms with E-state index in [0.717, 1.165) is 16.3 Å². The molecule has 0 radical (unpaired) electrons. The molecule has 1 N–H and O–H groups in total. The molecule has 2 aromatic carbocycles. The summed E-state index contributed by atoms with van der Waals surface area (Å²) in [5, 5.41) is 5.40. The zero-order valence-electron chi connectivity index (χ0n) is 16.5. The molecule has 1 unspecified atom stereocenters. The van der Waals surface area contributed by atoms with Gasteiger partial charge >= 0.3 is 0 Å². The molecule has 0 bridgehead atoms. The number of benzene rings is 2. The van der Waals surface area contributed by atoms with Crippen LogP contribution in [0.4, 0.5) is 15.8 Å². The summed E-state index contributed by atoms with van der Waals surface area (Å²) in [5.74, 6) is -0.811. The van der Waals surface area contributed by atoms with E-state index < -0.39 is 17.8 Å². The van der Waals surface area contributed by atoms with Gasteiger partial charge in [0.05, 0.1) is 22.1 Å². The molecule has 30 heavy (non-hydrogen) atoms. The van der Waals surface area contributed by atoms with Gasteiger partial charge < -0.3 is 10.1 Å². The maximum atomic E-state index is 13.9. The number of para-hydroxylation sites is 1. The van der Waals surface area contributed by atoms with Crippen LogP contribution in [0.1, 0.15) is 18.4 Å². The number of carbonyl (C=O) groups is 2. The van der Waals surface area contributed by atoms with E-state index in [9.17, 15) is 14.0 Å². The summed E-state index contributed by atoms with van der Waals surface area (Å²) in [6, 6.07) is 11.4. The second-order valence-electron chi connectivity index (χ2n) is 6.90. The molecule has 0 saturated heterocycles. The molecular weight excluding hydrogens is 405 g/mol. The van der Waals surface area contributed by atoms with Crippen LogP contribution in [0.3, 0.4) is 0 Å². The lowest BCUT2D eigenvalue weighted by Crippen LogP contribution is -2.48. The third kappa shape index (κ3) is 3.91. The highest BCUT2D eigenvalue weighted by atomic mass is 32.1. The fourth-order valence-electron chi connectivity index (χ4n) is 3.30. The average Bonchev–Trinajstić information content (AvgIpc) is 3.17. The molecule has 2 heterocycles. The van der Waals surface area contributed by atoms with E-state index in [1.807, 2.05) is 25.3 Å². The first-order chi connectivity index (χ1) is 14.5. The van der Waals surface area contributed by atoms with Gasteiger partial charge in [0, 0.05) is 10.9 Å². The van der Waals surface area contributed by atoms with E-state index in [-0.39, 0.29) is 18.1 Å². The maximum absolute atomic E-state index is 13.9. The van der Waals surface area contributed by atoms with Gasteiger partial charge in [0.25, 0.3) is 5.91 Å². The van der Waals surface area contributed by atoms with Crippen LogP contribution in [0.25, 0.3) is 11.3 Å². The highest BCUT2D eigenvalue weighted by molar-refractivity contribution is 7.09. The van der Waals surface area contributed by atoms with Crippen molar-refractivity contribution in [3.8, 4) is 17.0 Å². The van der Waals surface area contributed by atoms with Gasteiger partial charge in [-0.15, -0.1) is 11.3 Å². The number of fused-ring (bicyclic) bond motifs is 1. The molecule has 0 fully saturated rings. The minimum atomic E-state index is -0.675. The first-order valence-corrected chi connectivity index (χ1v) is 10.4. The van der Waals surface area contributed by atoms with Crippen molar-refractivity contribution < 1.29 is 18.7 Å². The summed E-state index contributed by atoms with van der Waals surface area (Å²) in [4.78, 5) is 31.5. The highest BCUT2D eigenvalue weighted by Gasteiger charge is 2.34. The Morgan fingerprint density at radius 1 is 1.30 bits per heavy atom. The molecular formula is C22H20FN3O3S. The SMILES string of the molecule is CCC1Oc2ccc(-c3csc(C)n3)cc2N(CC(=O)Nc2ccccc2F)C1=O. The predicted molar refractivity (Wildman–Crippen MR) is 114 cm³/mol. The van der Waals surface area contributed by atoms with Crippen LogP contribution < -0.4 is 15.0 Å². The summed E-state index contributed by atoms with van der Waals surface area (Å²) in [5.41, 5.74) is 2.18. The number of rotatable bonds is 5. The first kappa shape index (κ1) is 20.0. The van der Waals surface area contributed by atoms with Crippen molar-refractivity contribution in [3.05, 3.63) is 58.7 Å². The van der Waals surface area contributed by atoms with Crippen LogP contribution in [-0.4, -0.2) is 29.4 Å². The van der Waals surface area contributed by atoms with E-state index in [2.05, 4.69) is 10.3 Å². The number of halogens is 1. The molecule has 2 amide bonds. The topological polar surface area (TPSA) is 71.5 Å². The summed E-state index contributed by atoms with van der Waals surface area (Å²) < 4.78 is 19.7. The molecule has 6 nitrogen and oxygen atoms in total. The molecule has 3 aromatic rings. The summed E-state index contributed by atoms with van der Waals surface area (Å²) in [6.07, 6.45) is -0.206. The smallest absolute Gasteiger partial charge is 0.268 e. The monoisotopic (exact) mass is 425 g/mol. The van der Waals surface area contributed by atoms with E-state index in [0.29, 0.717) is 17.9 Å². The molecule has 0 aliphatic carbocycles. The maximum Gasteiger partial charge on any atom is 0.268 e. The standard InChI is InChI=1S/C22H20FN3O3S/c1-3-19-22(28)26(11-21(27)25-16-7-5-4-6-15(16)23)18-10-14(8-9-20(18)29-19)17-12-30-13(2)24-17/h4-10,12,19H,3,11H2,1-2H3,(H,25,27). The largest absolute Gasteiger partial charge is 0.478 e. The van der Waals surface area contributed by atoms with Crippen LogP contribution in [0.15, 0.2) is 47.8 Å². The van der Waals surface area contributed by atoms with Gasteiger partial charge in [0.15, 0.2) is 6.10 Å². The Morgan fingerprint density at radius 2 is 2.10 bits per heavy atom. The quantitative estimate of drug-likeness (QED) is 0.658. The van der Waals surface area contributed by atoms with E-state index in [4.69, 9.17) is 4.74 Å². The second kappa shape index (κ2) is 8.23. The number of aromatic nitrogens is 1. The normalized spacial score (nSPS) is 15.5. The number of nitrogens with zero attached hydrogens (tertiary/aromatic N) is 2. The van der Waals surface area contributed by atoms with Gasteiger partial charge in [-0.2, -0.15) is 0 Å². The summed E-state index contributed by atoms with van der Waals surface area (Å²) in [6.45, 7) is 3.52. The van der Waals surface area contributed by atoms with Crippen molar-refractivity contribution in [2.75, 3.05) is 16.8 Å². The fraction of sp³-hybridized carbons (Fsp3) is 0.227. The summed E-state index contributed by atoms with van der Waals surface area (Å²) >= 11 is 1.53. The van der Waals surface area contributed by atoms with Crippen molar-refractivity contribution in [2.24, 2.45) is 0 Å². The predicted octanol–water partition coefficient (Wildman–Crippen LogP) is 4.40. The Balaban J connectivity index is 1.65. The molecule has 4 rings (SSSR count). The molecule has 1 atom stereocenters. The van der Waals surface area contributed by atoms with E-state index in [1.165, 1.54) is 28.4 Å². The van der Waals surface area contributed by atoms with Gasteiger partial charge in [0.1, 0.15) is 18.1 Å². The third-order valence-corrected chi connectivity index (χ3v) is 5.57. The molecule has 1 aliphatic rings. The van der Waals surface area contributed by atoms with Gasteiger partial charge in [-0.25, -0.2) is 9.37 Å². The average molecular weight is 425 g/mol. The lowest BCUT2D eigenvalue weighted by atomic mass is 10.1. The van der Waals surface area contributed by atoms with E-state index in [1.54, 1.807) is 24.3 Å². The van der Waals surface area contributed by atoms with Gasteiger partial charge in [-0.3, -0.25) is 14.5 Å². The zero-order chi connectivity index (χ0) is 21.3. The van der Waals surface area contributed by atoms with Crippen molar-refractivity contribution in [3.63, 3.8) is 0 Å². The van der Waals surface area contributed by atoms with E-state index >= 15 is 0 Å². The number of hydrogen-bond donors (Lipinski definition) is 1. The number of carbonyl (C=O) groups excluding carboxylic acids is 2. The van der Waals surface area contributed by atoms with Crippen LogP contribution in [0.2, 0.25) is 0 Å². The molecule has 0 spiro atoms. The minimum absolute atomic E-state index is 0.0715. The van der Waals surface area contributed by atoms with Crippen molar-refractivity contribution >= 4 is 34.5 Å². The molecule has 1 aliphatic heterocycles. The lowest BCUT2D eigenvalue weighted by molar-refractivity contribution is -0.128. The molecule has 8 heteroatoms. The number of aryl methyl sites for hydroxylation is 1. The summed E-state index contributed by atoms with van der Waals surface area (Å²) in [7, 11) is 0. The number of amides is 2. The third-order valence-electron chi connectivity index (χ3n) is 4.80. The van der Waals surface area contributed by atoms with Crippen LogP contribution in [0.5, 0.6) is 5.75 Å². The van der Waals surface area contributed by atoms with Gasteiger partial charge in [-0.05, 0) is 43.7 Å². The molecule has 154 valence electrons. The lowest BCUT2D eigenvalue weighted by Gasteiger charge is -2.34. The van der Waals surface area contributed by atoms with Crippen LogP contribution in [0, 0.1) is 12.7 Å². The van der Waals surface area contributed by atoms with Crippen molar-refractivity contribution in [1.82, 2.24) is 4.98 Å². The molecule has 0 saturated carbocycles. The Hall–Kier alpha value is -3.26. The number of nitrogens with one attached hydrogen (secondary N) is 1. The molecule has 1 aromatic heterocycles. The van der Waals surface area contributed by atoms with Crippen LogP contribution in [-0.2, 0) is 9.59 Å². The van der Waals surface area contributed by atoms with Crippen molar-refractivity contribution in [1.29, 1.82) is 0 Å². The zero-order valence-corrected chi connectivity index (χ0v) is 17.3. The number of ether oxygens (including phenoxy) is 1. The Morgan fingerprint density at radius 3 is 2.80 bits per heavy atom. The number of hydrogen-bond acceptors (Lipinski definition) is 5. The van der Waals surface area contributed by atoms with Gasteiger partial charge in [-0.1, -0.05) is 19.1 Å². The fourth-order valence-corrected chi connectivity index (χ4v) is 3.92. The Kier molecular flexibility index (Phi) is 5.50. The Labute approximate surface area is 177 Å². The van der Waals surface area contributed by atoms with Crippen LogP contribution >= 0.6 is 11.3 Å². The highest BCUT2D eigenvalue weighted by Crippen LogP contribution is 2.38. The number of anilines is 2.